The number of primary amides is 1. The molecule has 7 nitrogen and oxygen atoms in total. The number of hydrogen-bond acceptors (Lipinski definition) is 4. The van der Waals surface area contributed by atoms with Crippen molar-refractivity contribution in [3.05, 3.63) is 68.7 Å². The van der Waals surface area contributed by atoms with Gasteiger partial charge in [-0.25, -0.2) is 0 Å². The maximum absolute atomic E-state index is 12.9. The summed E-state index contributed by atoms with van der Waals surface area (Å²) in [6.07, 6.45) is 1.99. The molecular weight excluding hydrogens is 511 g/mol. The van der Waals surface area contributed by atoms with E-state index in [2.05, 4.69) is 15.5 Å². The molecule has 1 aliphatic heterocycles. The van der Waals surface area contributed by atoms with Crippen LogP contribution in [-0.2, 0) is 16.1 Å². The molecule has 1 heterocycles. The summed E-state index contributed by atoms with van der Waals surface area (Å²) in [4.78, 5) is 39.2. The Kier molecular flexibility index (Phi) is 10.2. The van der Waals surface area contributed by atoms with Crippen molar-refractivity contribution in [3.63, 3.8) is 0 Å². The van der Waals surface area contributed by atoms with E-state index >= 15 is 0 Å². The highest BCUT2D eigenvalue weighted by Crippen LogP contribution is 2.23. The summed E-state index contributed by atoms with van der Waals surface area (Å²) >= 11 is 17.9. The smallest absolute Gasteiger partial charge is 0.251 e. The number of amides is 3. The molecule has 0 aromatic heterocycles. The Balaban J connectivity index is 1.49. The lowest BCUT2D eigenvalue weighted by atomic mass is 9.96. The predicted molar refractivity (Wildman–Crippen MR) is 139 cm³/mol. The highest BCUT2D eigenvalue weighted by molar-refractivity contribution is 6.42. The quantitative estimate of drug-likeness (QED) is 0.424. The molecule has 1 fully saturated rings. The molecule has 4 N–H and O–H groups in total. The monoisotopic (exact) mass is 538 g/mol. The van der Waals surface area contributed by atoms with E-state index in [1.807, 2.05) is 24.3 Å². The molecule has 188 valence electrons. The van der Waals surface area contributed by atoms with Gasteiger partial charge in [-0.2, -0.15) is 0 Å². The Morgan fingerprint density at radius 2 is 1.69 bits per heavy atom. The lowest BCUT2D eigenvalue weighted by Gasteiger charge is -2.32. The molecule has 35 heavy (non-hydrogen) atoms. The van der Waals surface area contributed by atoms with Crippen LogP contribution in [0.4, 0.5) is 0 Å². The predicted octanol–water partition coefficient (Wildman–Crippen LogP) is 4.04. The van der Waals surface area contributed by atoms with Crippen molar-refractivity contribution < 1.29 is 14.4 Å². The first-order valence-corrected chi connectivity index (χ1v) is 12.6. The minimum Gasteiger partial charge on any atom is -0.370 e. The first kappa shape index (κ1) is 27.3. The number of hydrogen-bond donors (Lipinski definition) is 3. The zero-order chi connectivity index (χ0) is 25.4. The molecule has 0 bridgehead atoms. The van der Waals surface area contributed by atoms with Crippen LogP contribution in [0.25, 0.3) is 0 Å². The van der Waals surface area contributed by atoms with Crippen molar-refractivity contribution in [2.75, 3.05) is 19.6 Å². The number of nitrogens with zero attached hydrogens (tertiary/aromatic N) is 1. The zero-order valence-electron chi connectivity index (χ0n) is 19.2. The lowest BCUT2D eigenvalue weighted by molar-refractivity contribution is -0.123. The number of nitrogens with one attached hydrogen (secondary N) is 2. The number of carbonyl (C=O) groups excluding carboxylic acids is 3. The summed E-state index contributed by atoms with van der Waals surface area (Å²) in [6, 6.07) is 11.4. The summed E-state index contributed by atoms with van der Waals surface area (Å²) in [6.45, 7) is 3.24. The standard InChI is InChI=1S/C25H29Cl3N4O3/c26-19-4-1-17(2-5-19)15-32-11-9-16(10-12-32)14-30-25(35)22(7-8-23(29)33)31-24(34)18-3-6-20(27)21(28)13-18/h1-6,13,16,22H,7-12,14-15H2,(H2,29,33)(H,30,35)(H,31,34)/t22-/m0/s1. The van der Waals surface area contributed by atoms with Gasteiger partial charge in [0.25, 0.3) is 5.91 Å². The molecule has 3 amide bonds. The second kappa shape index (κ2) is 13.1. The van der Waals surface area contributed by atoms with Gasteiger partial charge in [0.2, 0.25) is 11.8 Å². The summed E-state index contributed by atoms with van der Waals surface area (Å²) in [5.74, 6) is -1.03. The van der Waals surface area contributed by atoms with Gasteiger partial charge in [-0.1, -0.05) is 46.9 Å². The van der Waals surface area contributed by atoms with E-state index in [1.54, 1.807) is 0 Å². The minimum absolute atomic E-state index is 0.0250. The maximum atomic E-state index is 12.9. The number of likely N-dealkylation sites (tertiary alicyclic amines) is 1. The Bertz CT molecular complexity index is 1040. The van der Waals surface area contributed by atoms with E-state index in [0.29, 0.717) is 17.5 Å². The van der Waals surface area contributed by atoms with E-state index in [-0.39, 0.29) is 29.3 Å². The Hall–Kier alpha value is -2.32. The Morgan fingerprint density at radius 1 is 1.00 bits per heavy atom. The van der Waals surface area contributed by atoms with Gasteiger partial charge in [0.15, 0.2) is 0 Å². The normalized spacial score (nSPS) is 15.4. The molecule has 10 heteroatoms. The van der Waals surface area contributed by atoms with Crippen LogP contribution in [0.3, 0.4) is 0 Å². The van der Waals surface area contributed by atoms with Crippen molar-refractivity contribution >= 4 is 52.5 Å². The number of halogens is 3. The van der Waals surface area contributed by atoms with Gasteiger partial charge in [-0.05, 0) is 74.2 Å². The van der Waals surface area contributed by atoms with Gasteiger partial charge < -0.3 is 16.4 Å². The van der Waals surface area contributed by atoms with E-state index < -0.39 is 17.9 Å². The van der Waals surface area contributed by atoms with E-state index in [0.717, 1.165) is 37.5 Å². The fraction of sp³-hybridized carbons (Fsp3) is 0.400. The minimum atomic E-state index is -0.894. The highest BCUT2D eigenvalue weighted by Gasteiger charge is 2.25. The number of benzene rings is 2. The molecule has 0 radical (unpaired) electrons. The van der Waals surface area contributed by atoms with Crippen LogP contribution in [0, 0.1) is 5.92 Å². The first-order valence-electron chi connectivity index (χ1n) is 11.5. The van der Waals surface area contributed by atoms with Crippen LogP contribution in [0.5, 0.6) is 0 Å². The van der Waals surface area contributed by atoms with Crippen LogP contribution in [0.15, 0.2) is 42.5 Å². The fourth-order valence-electron chi connectivity index (χ4n) is 4.00. The third-order valence-electron chi connectivity index (χ3n) is 6.07. The summed E-state index contributed by atoms with van der Waals surface area (Å²) < 4.78 is 0. The zero-order valence-corrected chi connectivity index (χ0v) is 21.5. The molecule has 3 rings (SSSR count). The molecule has 2 aromatic rings. The van der Waals surface area contributed by atoms with E-state index in [9.17, 15) is 14.4 Å². The Morgan fingerprint density at radius 3 is 2.31 bits per heavy atom. The van der Waals surface area contributed by atoms with Crippen molar-refractivity contribution in [3.8, 4) is 0 Å². The van der Waals surface area contributed by atoms with Gasteiger partial charge in [0.05, 0.1) is 10.0 Å². The van der Waals surface area contributed by atoms with Crippen molar-refractivity contribution in [1.29, 1.82) is 0 Å². The van der Waals surface area contributed by atoms with Crippen LogP contribution in [0.2, 0.25) is 15.1 Å². The first-order chi connectivity index (χ1) is 16.7. The number of piperidine rings is 1. The molecule has 2 aromatic carbocycles. The molecular formula is C25H29Cl3N4O3. The van der Waals surface area contributed by atoms with Gasteiger partial charge in [0.1, 0.15) is 6.04 Å². The van der Waals surface area contributed by atoms with Gasteiger partial charge in [-0.3, -0.25) is 19.3 Å². The third-order valence-corrected chi connectivity index (χ3v) is 7.07. The average Bonchev–Trinajstić information content (AvgIpc) is 2.84. The fourth-order valence-corrected chi connectivity index (χ4v) is 4.42. The van der Waals surface area contributed by atoms with Gasteiger partial charge >= 0.3 is 0 Å². The number of carbonyl (C=O) groups is 3. The molecule has 1 saturated heterocycles. The van der Waals surface area contributed by atoms with Crippen LogP contribution in [0.1, 0.15) is 41.6 Å². The second-order valence-electron chi connectivity index (χ2n) is 8.75. The summed E-state index contributed by atoms with van der Waals surface area (Å²) in [7, 11) is 0. The molecule has 0 spiro atoms. The van der Waals surface area contributed by atoms with Gasteiger partial charge in [-0.15, -0.1) is 0 Å². The summed E-state index contributed by atoms with van der Waals surface area (Å²) in [5.41, 5.74) is 6.75. The summed E-state index contributed by atoms with van der Waals surface area (Å²) in [5, 5.41) is 6.91. The Labute approximate surface area is 220 Å². The maximum Gasteiger partial charge on any atom is 0.251 e. The molecule has 0 aliphatic carbocycles. The molecule has 0 unspecified atom stereocenters. The van der Waals surface area contributed by atoms with Crippen LogP contribution >= 0.6 is 34.8 Å². The van der Waals surface area contributed by atoms with Gasteiger partial charge in [0, 0.05) is 30.1 Å². The largest absolute Gasteiger partial charge is 0.370 e. The van der Waals surface area contributed by atoms with Crippen molar-refractivity contribution in [2.24, 2.45) is 11.7 Å². The highest BCUT2D eigenvalue weighted by atomic mass is 35.5. The van der Waals surface area contributed by atoms with E-state index in [1.165, 1.54) is 23.8 Å². The van der Waals surface area contributed by atoms with Crippen LogP contribution in [-0.4, -0.2) is 48.3 Å². The topological polar surface area (TPSA) is 105 Å². The molecule has 1 atom stereocenters. The third kappa shape index (κ3) is 8.69. The average molecular weight is 540 g/mol. The van der Waals surface area contributed by atoms with Crippen molar-refractivity contribution in [2.45, 2.75) is 38.3 Å². The number of nitrogens with two attached hydrogens (primary N) is 1. The lowest BCUT2D eigenvalue weighted by Crippen LogP contribution is -2.48. The molecule has 0 saturated carbocycles. The van der Waals surface area contributed by atoms with E-state index in [4.69, 9.17) is 40.5 Å². The number of rotatable bonds is 10. The van der Waals surface area contributed by atoms with Crippen LogP contribution < -0.4 is 16.4 Å². The second-order valence-corrected chi connectivity index (χ2v) is 10.0. The molecule has 1 aliphatic rings. The SMILES string of the molecule is NC(=O)CC[C@H](NC(=O)c1ccc(Cl)c(Cl)c1)C(=O)NCC1CCN(Cc2ccc(Cl)cc2)CC1. The van der Waals surface area contributed by atoms with Crippen molar-refractivity contribution in [1.82, 2.24) is 15.5 Å².